The first-order chi connectivity index (χ1) is 14.2. The van der Waals surface area contributed by atoms with Crippen LogP contribution in [0.25, 0.3) is 16.5 Å². The molecule has 0 fully saturated rings. The maximum absolute atomic E-state index is 12.4. The molecule has 5 heteroatoms. The molecule has 0 saturated carbocycles. The number of aromatic nitrogens is 1. The number of aryl methyl sites for hydroxylation is 2. The van der Waals surface area contributed by atoms with Gasteiger partial charge in [0.05, 0.1) is 6.54 Å². The Kier molecular flexibility index (Phi) is 4.72. The Morgan fingerprint density at radius 3 is 3.10 bits per heavy atom. The van der Waals surface area contributed by atoms with Crippen molar-refractivity contribution in [1.29, 1.82) is 0 Å². The van der Waals surface area contributed by atoms with E-state index in [1.54, 1.807) is 22.7 Å². The minimum atomic E-state index is 0.00479. The summed E-state index contributed by atoms with van der Waals surface area (Å²) in [5.74, 6) is 0.183. The monoisotopic (exact) mass is 418 g/mol. The number of hydrogen-bond donors (Lipinski definition) is 0. The Hall–Kier alpha value is -2.50. The molecule has 0 spiro atoms. The molecule has 1 aliphatic heterocycles. The average molecular weight is 419 g/mol. The largest absolute Gasteiger partial charge is 0.333 e. The van der Waals surface area contributed by atoms with Crippen LogP contribution in [-0.4, -0.2) is 22.3 Å². The van der Waals surface area contributed by atoms with Crippen molar-refractivity contribution in [2.24, 2.45) is 0 Å². The quantitative estimate of drug-likeness (QED) is 0.504. The molecule has 4 heterocycles. The van der Waals surface area contributed by atoms with E-state index in [1.165, 1.54) is 48.5 Å². The number of carbonyl (C=O) groups excluding carboxylic acids is 1. The third-order valence-electron chi connectivity index (χ3n) is 5.81. The molecule has 0 radical (unpaired) electrons. The second-order valence-corrected chi connectivity index (χ2v) is 9.87. The molecule has 0 bridgehead atoms. The van der Waals surface area contributed by atoms with Crippen molar-refractivity contribution in [1.82, 2.24) is 9.88 Å². The predicted molar refractivity (Wildman–Crippen MR) is 121 cm³/mol. The van der Waals surface area contributed by atoms with Gasteiger partial charge < -0.3 is 4.90 Å². The molecule has 0 unspecified atom stereocenters. The summed E-state index contributed by atoms with van der Waals surface area (Å²) in [6.45, 7) is 7.22. The van der Waals surface area contributed by atoms with Gasteiger partial charge in [0, 0.05) is 45.1 Å². The summed E-state index contributed by atoms with van der Waals surface area (Å²) in [4.78, 5) is 22.8. The van der Waals surface area contributed by atoms with Gasteiger partial charge in [-0.2, -0.15) is 0 Å². The summed E-state index contributed by atoms with van der Waals surface area (Å²) < 4.78 is 0. The summed E-state index contributed by atoms with van der Waals surface area (Å²) in [5.41, 5.74) is 6.50. The number of carbonyl (C=O) groups is 1. The Balaban J connectivity index is 1.63. The van der Waals surface area contributed by atoms with Gasteiger partial charge in [-0.25, -0.2) is 0 Å². The lowest BCUT2D eigenvalue weighted by Gasteiger charge is -2.33. The van der Waals surface area contributed by atoms with E-state index in [4.69, 9.17) is 0 Å². The molecule has 3 nitrogen and oxygen atoms in total. The first-order valence-electron chi connectivity index (χ1n) is 9.87. The molecule has 3 aromatic rings. The molecule has 1 aliphatic carbocycles. The molecule has 0 aromatic carbocycles. The van der Waals surface area contributed by atoms with Crippen molar-refractivity contribution >= 4 is 34.7 Å². The lowest BCUT2D eigenvalue weighted by atomic mass is 9.86. The fourth-order valence-electron chi connectivity index (χ4n) is 4.46. The Labute approximate surface area is 179 Å². The molecular formula is C24H22N2OS2. The van der Waals surface area contributed by atoms with Crippen LogP contribution in [0.5, 0.6) is 0 Å². The van der Waals surface area contributed by atoms with Crippen molar-refractivity contribution in [2.75, 3.05) is 6.54 Å². The standard InChI is InChI=1S/C24H22N2OS2/c1-3-23(27)26-13-21(19-10-15(2)29-22(19)14-26)18-8-9-28-24(18)20-12-25-11-16-6-4-5-7-17(16)20/h3,5,7-12,21H,1,4,6,13-14H2,2H3/t21-/m0/s1. The van der Waals surface area contributed by atoms with Crippen molar-refractivity contribution in [2.45, 2.75) is 32.2 Å². The SMILES string of the molecule is C=CC(=O)N1Cc2sc(C)cc2[C@H](c2ccsc2-c2cncc3c2C=CCC3)C1. The highest BCUT2D eigenvalue weighted by Crippen LogP contribution is 2.44. The van der Waals surface area contributed by atoms with Crippen LogP contribution in [0.3, 0.4) is 0 Å². The van der Waals surface area contributed by atoms with E-state index < -0.39 is 0 Å². The Morgan fingerprint density at radius 2 is 2.24 bits per heavy atom. The van der Waals surface area contributed by atoms with E-state index in [-0.39, 0.29) is 11.8 Å². The van der Waals surface area contributed by atoms with Crippen molar-refractivity contribution < 1.29 is 4.79 Å². The average Bonchev–Trinajstić information content (AvgIpc) is 3.37. The van der Waals surface area contributed by atoms with Gasteiger partial charge in [0.2, 0.25) is 5.91 Å². The van der Waals surface area contributed by atoms with E-state index >= 15 is 0 Å². The molecule has 29 heavy (non-hydrogen) atoms. The van der Waals surface area contributed by atoms with Crippen molar-refractivity contribution in [3.63, 3.8) is 0 Å². The third-order valence-corrected chi connectivity index (χ3v) is 7.83. The maximum atomic E-state index is 12.4. The highest BCUT2D eigenvalue weighted by atomic mass is 32.1. The van der Waals surface area contributed by atoms with Crippen LogP contribution in [0.4, 0.5) is 0 Å². The third kappa shape index (κ3) is 3.18. The minimum absolute atomic E-state index is 0.00479. The smallest absolute Gasteiger partial charge is 0.246 e. The molecule has 5 rings (SSSR count). The summed E-state index contributed by atoms with van der Waals surface area (Å²) in [6.07, 6.45) is 12.1. The van der Waals surface area contributed by atoms with Gasteiger partial charge >= 0.3 is 0 Å². The van der Waals surface area contributed by atoms with Crippen LogP contribution in [0.2, 0.25) is 0 Å². The second kappa shape index (κ2) is 7.39. The van der Waals surface area contributed by atoms with Crippen LogP contribution < -0.4 is 0 Å². The van der Waals surface area contributed by atoms with Gasteiger partial charge in [-0.1, -0.05) is 18.7 Å². The van der Waals surface area contributed by atoms with Gasteiger partial charge in [-0.3, -0.25) is 9.78 Å². The Bertz CT molecular complexity index is 1140. The summed E-state index contributed by atoms with van der Waals surface area (Å²) >= 11 is 3.57. The van der Waals surface area contributed by atoms with E-state index in [0.717, 1.165) is 12.8 Å². The molecule has 3 aromatic heterocycles. The Morgan fingerprint density at radius 1 is 1.34 bits per heavy atom. The number of thiophene rings is 2. The van der Waals surface area contributed by atoms with E-state index in [0.29, 0.717) is 13.1 Å². The summed E-state index contributed by atoms with van der Waals surface area (Å²) in [7, 11) is 0. The van der Waals surface area contributed by atoms with Crippen LogP contribution >= 0.6 is 22.7 Å². The zero-order valence-corrected chi connectivity index (χ0v) is 18.0. The van der Waals surface area contributed by atoms with Crippen LogP contribution in [0.15, 0.2) is 48.6 Å². The number of fused-ring (bicyclic) bond motifs is 2. The fourth-order valence-corrected chi connectivity index (χ4v) is 6.56. The molecule has 146 valence electrons. The van der Waals surface area contributed by atoms with Gasteiger partial charge in [-0.05, 0) is 65.6 Å². The maximum Gasteiger partial charge on any atom is 0.246 e. The number of amides is 1. The highest BCUT2D eigenvalue weighted by molar-refractivity contribution is 7.14. The van der Waals surface area contributed by atoms with Crippen molar-refractivity contribution in [3.8, 4) is 10.4 Å². The van der Waals surface area contributed by atoms with E-state index in [9.17, 15) is 4.79 Å². The summed E-state index contributed by atoms with van der Waals surface area (Å²) in [6, 6.07) is 4.54. The predicted octanol–water partition coefficient (Wildman–Crippen LogP) is 5.80. The molecule has 0 N–H and O–H groups in total. The van der Waals surface area contributed by atoms with Crippen LogP contribution in [0.1, 0.15) is 44.3 Å². The first kappa shape index (κ1) is 18.5. The number of pyridine rings is 1. The molecule has 2 aliphatic rings. The second-order valence-electron chi connectivity index (χ2n) is 7.62. The van der Waals surface area contributed by atoms with E-state index in [2.05, 4.69) is 48.2 Å². The number of hydrogen-bond acceptors (Lipinski definition) is 4. The topological polar surface area (TPSA) is 33.2 Å². The van der Waals surface area contributed by atoms with E-state index in [1.807, 2.05) is 17.3 Å². The van der Waals surface area contributed by atoms with Crippen LogP contribution in [-0.2, 0) is 17.8 Å². The molecule has 1 atom stereocenters. The lowest BCUT2D eigenvalue weighted by Crippen LogP contribution is -2.36. The molecule has 0 saturated heterocycles. The minimum Gasteiger partial charge on any atom is -0.333 e. The van der Waals surface area contributed by atoms with Crippen molar-refractivity contribution in [3.05, 3.63) is 80.6 Å². The van der Waals surface area contributed by atoms with Gasteiger partial charge in [0.15, 0.2) is 0 Å². The number of nitrogens with zero attached hydrogens (tertiary/aromatic N) is 2. The lowest BCUT2D eigenvalue weighted by molar-refractivity contribution is -0.127. The fraction of sp³-hybridized carbons (Fsp3) is 0.250. The zero-order chi connectivity index (χ0) is 20.0. The number of allylic oxidation sites excluding steroid dienone is 1. The highest BCUT2D eigenvalue weighted by Gasteiger charge is 2.32. The number of rotatable bonds is 3. The summed E-state index contributed by atoms with van der Waals surface area (Å²) in [5, 5.41) is 2.17. The normalized spacial score (nSPS) is 17.7. The molecular weight excluding hydrogens is 396 g/mol. The van der Waals surface area contributed by atoms with Gasteiger partial charge in [0.1, 0.15) is 0 Å². The van der Waals surface area contributed by atoms with Crippen LogP contribution in [0, 0.1) is 6.92 Å². The van der Waals surface area contributed by atoms with Gasteiger partial charge in [-0.15, -0.1) is 22.7 Å². The molecule has 1 amide bonds. The first-order valence-corrected chi connectivity index (χ1v) is 11.6. The van der Waals surface area contributed by atoms with Gasteiger partial charge in [0.25, 0.3) is 0 Å². The zero-order valence-electron chi connectivity index (χ0n) is 16.4.